The maximum absolute atomic E-state index is 3.79. The molecule has 1 saturated heterocycles. The number of hydrogen-bond acceptors (Lipinski definition) is 4. The molecule has 2 rings (SSSR count). The van der Waals surface area contributed by atoms with Crippen LogP contribution in [0.25, 0.3) is 0 Å². The van der Waals surface area contributed by atoms with Crippen molar-refractivity contribution in [2.75, 3.05) is 18.0 Å². The number of hydrogen-bond donors (Lipinski definition) is 0. The van der Waals surface area contributed by atoms with E-state index < -0.39 is 0 Å². The van der Waals surface area contributed by atoms with E-state index in [0.717, 1.165) is 13.1 Å². The molecule has 11 heavy (non-hydrogen) atoms. The second-order valence-corrected chi connectivity index (χ2v) is 2.73. The molecule has 5 nitrogen and oxygen atoms in total. The van der Waals surface area contributed by atoms with Crippen LogP contribution in [0.5, 0.6) is 0 Å². The van der Waals surface area contributed by atoms with Gasteiger partial charge in [-0.3, -0.25) is 5.10 Å². The zero-order valence-electron chi connectivity index (χ0n) is 6.27. The molecular weight excluding hydrogens is 142 g/mol. The first-order chi connectivity index (χ1) is 5.47. The van der Waals surface area contributed by atoms with Crippen LogP contribution in [0.3, 0.4) is 0 Å². The Hall–Kier alpha value is -1.13. The van der Waals surface area contributed by atoms with Crippen molar-refractivity contribution < 1.29 is 0 Å². The summed E-state index contributed by atoms with van der Waals surface area (Å²) in [6, 6.07) is 0. The van der Waals surface area contributed by atoms with Gasteiger partial charge in [0.05, 0.1) is 5.95 Å². The minimum Gasteiger partial charge on any atom is -0.403 e. The van der Waals surface area contributed by atoms with E-state index in [4.69, 9.17) is 0 Å². The summed E-state index contributed by atoms with van der Waals surface area (Å²) in [5, 5.41) is 14.5. The van der Waals surface area contributed by atoms with Crippen molar-refractivity contribution in [2.45, 2.75) is 19.3 Å². The van der Waals surface area contributed by atoms with Crippen LogP contribution in [-0.4, -0.2) is 28.6 Å². The van der Waals surface area contributed by atoms with Crippen LogP contribution in [0.4, 0.5) is 5.95 Å². The zero-order valence-corrected chi connectivity index (χ0v) is 6.27. The quantitative estimate of drug-likeness (QED) is 0.558. The first-order valence-electron chi connectivity index (χ1n) is 3.90. The van der Waals surface area contributed by atoms with Crippen LogP contribution in [-0.2, 0) is 0 Å². The highest BCUT2D eigenvalue weighted by molar-refractivity contribution is 5.25. The van der Waals surface area contributed by atoms with Crippen molar-refractivity contribution in [3.63, 3.8) is 0 Å². The van der Waals surface area contributed by atoms with Gasteiger partial charge in [0, 0.05) is 0 Å². The molecule has 1 aromatic rings. The molecular formula is C6H10N5-. The molecule has 0 N–H and O–H groups in total. The van der Waals surface area contributed by atoms with E-state index in [9.17, 15) is 0 Å². The van der Waals surface area contributed by atoms with Gasteiger partial charge < -0.3 is 4.90 Å². The Morgan fingerprint density at radius 3 is 2.64 bits per heavy atom. The molecule has 0 aromatic carbocycles. The highest BCUT2D eigenvalue weighted by Gasteiger charge is 2.07. The van der Waals surface area contributed by atoms with E-state index in [-0.39, 0.29) is 0 Å². The standard InChI is InChI=1S/C6H10N5/c1-2-4-11(5-3-1)6-7-9-10-8-6/h1-5H2/q-1. The number of nitrogens with zero attached hydrogens (tertiary/aromatic N) is 5. The molecule has 0 atom stereocenters. The fourth-order valence-corrected chi connectivity index (χ4v) is 1.36. The molecule has 0 aliphatic carbocycles. The summed E-state index contributed by atoms with van der Waals surface area (Å²) in [4.78, 5) is 2.13. The Morgan fingerprint density at radius 1 is 1.18 bits per heavy atom. The van der Waals surface area contributed by atoms with Gasteiger partial charge in [0.15, 0.2) is 0 Å². The molecule has 60 valence electrons. The molecule has 1 fully saturated rings. The molecule has 0 unspecified atom stereocenters. The van der Waals surface area contributed by atoms with Crippen LogP contribution >= 0.6 is 0 Å². The highest BCUT2D eigenvalue weighted by atomic mass is 15.5. The van der Waals surface area contributed by atoms with Crippen molar-refractivity contribution in [1.29, 1.82) is 0 Å². The van der Waals surface area contributed by atoms with E-state index in [0.29, 0.717) is 5.95 Å². The summed E-state index contributed by atoms with van der Waals surface area (Å²) in [5.74, 6) is 0.685. The third-order valence-corrected chi connectivity index (χ3v) is 1.95. The SMILES string of the molecule is C1CCN(c2nnn[n-]2)CC1. The molecule has 0 spiro atoms. The average molecular weight is 152 g/mol. The van der Waals surface area contributed by atoms with E-state index >= 15 is 0 Å². The third-order valence-electron chi connectivity index (χ3n) is 1.95. The van der Waals surface area contributed by atoms with Gasteiger partial charge in [-0.15, -0.1) is 5.21 Å². The summed E-state index contributed by atoms with van der Waals surface area (Å²) in [6.07, 6.45) is 3.78. The lowest BCUT2D eigenvalue weighted by atomic mass is 10.1. The van der Waals surface area contributed by atoms with Crippen LogP contribution < -0.4 is 10.00 Å². The Balaban J connectivity index is 2.04. The normalized spacial score (nSPS) is 18.7. The van der Waals surface area contributed by atoms with Gasteiger partial charge in [-0.1, -0.05) is 6.42 Å². The molecule has 1 aromatic heterocycles. The van der Waals surface area contributed by atoms with Gasteiger partial charge in [-0.25, -0.2) is 5.10 Å². The fourth-order valence-electron chi connectivity index (χ4n) is 1.36. The monoisotopic (exact) mass is 152 g/mol. The van der Waals surface area contributed by atoms with Crippen molar-refractivity contribution in [1.82, 2.24) is 20.6 Å². The molecule has 0 bridgehead atoms. The summed E-state index contributed by atoms with van der Waals surface area (Å²) in [7, 11) is 0. The predicted octanol–water partition coefficient (Wildman–Crippen LogP) is -0.181. The summed E-state index contributed by atoms with van der Waals surface area (Å²) < 4.78 is 0. The summed E-state index contributed by atoms with van der Waals surface area (Å²) in [6.45, 7) is 2.10. The van der Waals surface area contributed by atoms with Crippen molar-refractivity contribution >= 4 is 5.95 Å². The Labute approximate surface area is 64.8 Å². The molecule has 1 aliphatic rings. The molecule has 5 heteroatoms. The highest BCUT2D eigenvalue weighted by Crippen LogP contribution is 2.12. The number of anilines is 1. The molecule has 0 amide bonds. The predicted molar refractivity (Wildman–Crippen MR) is 39.2 cm³/mol. The third kappa shape index (κ3) is 1.31. The van der Waals surface area contributed by atoms with Crippen LogP contribution in [0, 0.1) is 0 Å². The van der Waals surface area contributed by atoms with Crippen LogP contribution in [0.1, 0.15) is 19.3 Å². The Kier molecular flexibility index (Phi) is 1.71. The second-order valence-electron chi connectivity index (χ2n) is 2.73. The van der Waals surface area contributed by atoms with Crippen LogP contribution in [0.15, 0.2) is 0 Å². The number of aromatic nitrogens is 4. The largest absolute Gasteiger partial charge is 0.403 e. The zero-order chi connectivity index (χ0) is 7.52. The average Bonchev–Trinajstić information content (AvgIpc) is 2.58. The van der Waals surface area contributed by atoms with E-state index in [2.05, 4.69) is 25.5 Å². The van der Waals surface area contributed by atoms with Gasteiger partial charge in [0.25, 0.3) is 0 Å². The van der Waals surface area contributed by atoms with E-state index in [1.54, 1.807) is 0 Å². The number of rotatable bonds is 1. The molecule has 0 radical (unpaired) electrons. The number of piperidine rings is 1. The van der Waals surface area contributed by atoms with Crippen molar-refractivity contribution in [3.05, 3.63) is 0 Å². The maximum Gasteiger partial charge on any atom is 0.0979 e. The van der Waals surface area contributed by atoms with Gasteiger partial charge in [-0.05, 0) is 25.9 Å². The van der Waals surface area contributed by atoms with Gasteiger partial charge in [-0.2, -0.15) is 5.21 Å². The molecule has 1 aliphatic heterocycles. The maximum atomic E-state index is 3.79. The molecule has 2 heterocycles. The lowest BCUT2D eigenvalue weighted by Crippen LogP contribution is -2.30. The minimum atomic E-state index is 0.685. The van der Waals surface area contributed by atoms with Gasteiger partial charge in [0.2, 0.25) is 0 Å². The topological polar surface area (TPSA) is 56.0 Å². The first kappa shape index (κ1) is 6.57. The van der Waals surface area contributed by atoms with Crippen LogP contribution in [0.2, 0.25) is 0 Å². The fraction of sp³-hybridized carbons (Fsp3) is 0.833. The Morgan fingerprint density at radius 2 is 2.00 bits per heavy atom. The smallest absolute Gasteiger partial charge is 0.0979 e. The van der Waals surface area contributed by atoms with E-state index in [1.165, 1.54) is 19.3 Å². The molecule has 0 saturated carbocycles. The summed E-state index contributed by atoms with van der Waals surface area (Å²) >= 11 is 0. The van der Waals surface area contributed by atoms with Gasteiger partial charge in [0.1, 0.15) is 0 Å². The Bertz CT molecular complexity index is 201. The first-order valence-corrected chi connectivity index (χ1v) is 3.90. The van der Waals surface area contributed by atoms with Crippen molar-refractivity contribution in [3.8, 4) is 0 Å². The second kappa shape index (κ2) is 2.86. The summed E-state index contributed by atoms with van der Waals surface area (Å²) in [5.41, 5.74) is 0. The van der Waals surface area contributed by atoms with Crippen molar-refractivity contribution in [2.24, 2.45) is 0 Å². The van der Waals surface area contributed by atoms with E-state index in [1.807, 2.05) is 0 Å². The van der Waals surface area contributed by atoms with Gasteiger partial charge >= 0.3 is 0 Å². The minimum absolute atomic E-state index is 0.685. The lowest BCUT2D eigenvalue weighted by Gasteiger charge is -2.30. The lowest BCUT2D eigenvalue weighted by molar-refractivity contribution is 0.568. The number of tetrazole rings is 1.